The Balaban J connectivity index is 2.61. The van der Waals surface area contributed by atoms with Gasteiger partial charge >= 0.3 is 0 Å². The maximum atomic E-state index is 5.28. The molecule has 0 aliphatic carbocycles. The van der Waals surface area contributed by atoms with Crippen LogP contribution in [-0.2, 0) is 0 Å². The number of anilines is 1. The third-order valence-corrected chi connectivity index (χ3v) is 2.91. The number of hydrogen-bond donors (Lipinski definition) is 2. The van der Waals surface area contributed by atoms with E-state index in [1.807, 2.05) is 18.2 Å². The van der Waals surface area contributed by atoms with Crippen molar-refractivity contribution < 1.29 is 9.47 Å². The number of methoxy groups -OCH3 is 2. The second kappa shape index (κ2) is 7.84. The van der Waals surface area contributed by atoms with Crippen molar-refractivity contribution in [2.75, 3.05) is 26.1 Å². The maximum Gasteiger partial charge on any atom is 0.170 e. The zero-order valence-electron chi connectivity index (χ0n) is 11.9. The van der Waals surface area contributed by atoms with Crippen molar-refractivity contribution in [1.29, 1.82) is 0 Å². The van der Waals surface area contributed by atoms with Crippen LogP contribution in [0.4, 0.5) is 5.69 Å². The summed E-state index contributed by atoms with van der Waals surface area (Å²) in [6.45, 7) is 5.22. The van der Waals surface area contributed by atoms with Crippen LogP contribution in [0.5, 0.6) is 11.5 Å². The van der Waals surface area contributed by atoms with Gasteiger partial charge in [-0.25, -0.2) is 0 Å². The number of thiocarbonyl (C=S) groups is 1. The Labute approximate surface area is 120 Å². The summed E-state index contributed by atoms with van der Waals surface area (Å²) >= 11 is 5.26. The molecule has 0 spiro atoms. The molecule has 0 aromatic heterocycles. The monoisotopic (exact) mass is 282 g/mol. The van der Waals surface area contributed by atoms with Crippen molar-refractivity contribution in [3.8, 4) is 11.5 Å². The summed E-state index contributed by atoms with van der Waals surface area (Å²) in [4.78, 5) is 0. The van der Waals surface area contributed by atoms with Gasteiger partial charge in [-0.2, -0.15) is 0 Å². The van der Waals surface area contributed by atoms with Crippen LogP contribution in [0.25, 0.3) is 0 Å². The van der Waals surface area contributed by atoms with Gasteiger partial charge in [-0.1, -0.05) is 13.8 Å². The highest BCUT2D eigenvalue weighted by atomic mass is 32.1. The summed E-state index contributed by atoms with van der Waals surface area (Å²) in [7, 11) is 3.26. The van der Waals surface area contributed by atoms with Gasteiger partial charge in [0.1, 0.15) is 11.5 Å². The minimum Gasteiger partial charge on any atom is -0.497 e. The van der Waals surface area contributed by atoms with E-state index in [0.29, 0.717) is 11.0 Å². The molecule has 0 amide bonds. The molecule has 4 nitrogen and oxygen atoms in total. The molecule has 0 bridgehead atoms. The van der Waals surface area contributed by atoms with Crippen LogP contribution in [0.15, 0.2) is 18.2 Å². The first-order valence-electron chi connectivity index (χ1n) is 6.33. The fourth-order valence-electron chi connectivity index (χ4n) is 1.55. The molecule has 5 heteroatoms. The topological polar surface area (TPSA) is 42.5 Å². The van der Waals surface area contributed by atoms with Crippen molar-refractivity contribution in [2.24, 2.45) is 5.92 Å². The normalized spacial score (nSPS) is 10.2. The van der Waals surface area contributed by atoms with Crippen LogP contribution in [-0.4, -0.2) is 25.9 Å². The minimum atomic E-state index is 0.590. The molecule has 1 aromatic carbocycles. The van der Waals surface area contributed by atoms with Gasteiger partial charge in [-0.15, -0.1) is 0 Å². The summed E-state index contributed by atoms with van der Waals surface area (Å²) in [5.41, 5.74) is 0.795. The van der Waals surface area contributed by atoms with E-state index in [2.05, 4.69) is 24.5 Å². The van der Waals surface area contributed by atoms with Gasteiger partial charge in [0, 0.05) is 12.6 Å². The van der Waals surface area contributed by atoms with Crippen LogP contribution < -0.4 is 20.1 Å². The summed E-state index contributed by atoms with van der Waals surface area (Å²) in [6.07, 6.45) is 1.08. The molecule has 0 unspecified atom stereocenters. The molecule has 2 N–H and O–H groups in total. The molecule has 19 heavy (non-hydrogen) atoms. The Morgan fingerprint density at radius 1 is 1.26 bits per heavy atom. The van der Waals surface area contributed by atoms with Gasteiger partial charge in [-0.3, -0.25) is 0 Å². The summed E-state index contributed by atoms with van der Waals surface area (Å²) in [6, 6.07) is 5.55. The van der Waals surface area contributed by atoms with E-state index in [1.165, 1.54) is 0 Å². The zero-order chi connectivity index (χ0) is 14.3. The third-order valence-electron chi connectivity index (χ3n) is 2.66. The average molecular weight is 282 g/mol. The number of nitrogens with one attached hydrogen (secondary N) is 2. The van der Waals surface area contributed by atoms with Crippen molar-refractivity contribution in [1.82, 2.24) is 5.32 Å². The predicted molar refractivity (Wildman–Crippen MR) is 83.2 cm³/mol. The number of hydrogen-bond acceptors (Lipinski definition) is 3. The number of ether oxygens (including phenoxy) is 2. The van der Waals surface area contributed by atoms with Gasteiger partial charge in [0.25, 0.3) is 0 Å². The second-order valence-corrected chi connectivity index (χ2v) is 5.04. The van der Waals surface area contributed by atoms with E-state index in [9.17, 15) is 0 Å². The fourth-order valence-corrected chi connectivity index (χ4v) is 1.76. The zero-order valence-corrected chi connectivity index (χ0v) is 12.8. The van der Waals surface area contributed by atoms with Crippen LogP contribution in [0, 0.1) is 5.92 Å². The van der Waals surface area contributed by atoms with Crippen molar-refractivity contribution in [3.63, 3.8) is 0 Å². The van der Waals surface area contributed by atoms with Gasteiger partial charge in [0.2, 0.25) is 0 Å². The number of benzene rings is 1. The first-order chi connectivity index (χ1) is 9.06. The minimum absolute atomic E-state index is 0.590. The Kier molecular flexibility index (Phi) is 6.42. The van der Waals surface area contributed by atoms with Gasteiger partial charge in [0.15, 0.2) is 5.11 Å². The fraction of sp³-hybridized carbons (Fsp3) is 0.500. The summed E-state index contributed by atoms with van der Waals surface area (Å²) < 4.78 is 10.5. The second-order valence-electron chi connectivity index (χ2n) is 4.63. The summed E-state index contributed by atoms with van der Waals surface area (Å²) in [5, 5.41) is 6.89. The molecule has 1 aromatic rings. The Morgan fingerprint density at radius 3 is 2.58 bits per heavy atom. The Morgan fingerprint density at radius 2 is 2.00 bits per heavy atom. The lowest BCUT2D eigenvalue weighted by Gasteiger charge is -2.15. The SMILES string of the molecule is COc1ccc(OC)c(NC(=S)NCCC(C)C)c1. The molecule has 0 aliphatic heterocycles. The Bertz CT molecular complexity index is 422. The van der Waals surface area contributed by atoms with E-state index < -0.39 is 0 Å². The lowest BCUT2D eigenvalue weighted by atomic mass is 10.1. The van der Waals surface area contributed by atoms with E-state index in [-0.39, 0.29) is 0 Å². The molecule has 0 radical (unpaired) electrons. The molecule has 0 atom stereocenters. The largest absolute Gasteiger partial charge is 0.497 e. The average Bonchev–Trinajstić information content (AvgIpc) is 2.38. The molecular weight excluding hydrogens is 260 g/mol. The summed E-state index contributed by atoms with van der Waals surface area (Å²) in [5.74, 6) is 2.14. The van der Waals surface area contributed by atoms with Crippen LogP contribution in [0.3, 0.4) is 0 Å². The molecule has 0 aliphatic rings. The highest BCUT2D eigenvalue weighted by molar-refractivity contribution is 7.80. The standard InChI is InChI=1S/C14H22N2O2S/c1-10(2)7-8-15-14(19)16-12-9-11(17-3)5-6-13(12)18-4/h5-6,9-10H,7-8H2,1-4H3,(H2,15,16,19). The van der Waals surface area contributed by atoms with E-state index in [0.717, 1.165) is 30.2 Å². The van der Waals surface area contributed by atoms with Crippen LogP contribution >= 0.6 is 12.2 Å². The predicted octanol–water partition coefficient (Wildman–Crippen LogP) is 3.04. The van der Waals surface area contributed by atoms with Gasteiger partial charge < -0.3 is 20.1 Å². The van der Waals surface area contributed by atoms with E-state index in [4.69, 9.17) is 21.7 Å². The first kappa shape index (κ1) is 15.6. The molecule has 1 rings (SSSR count). The maximum absolute atomic E-state index is 5.28. The van der Waals surface area contributed by atoms with E-state index in [1.54, 1.807) is 14.2 Å². The van der Waals surface area contributed by atoms with Crippen LogP contribution in [0.1, 0.15) is 20.3 Å². The molecule has 106 valence electrons. The smallest absolute Gasteiger partial charge is 0.170 e. The van der Waals surface area contributed by atoms with E-state index >= 15 is 0 Å². The number of rotatable bonds is 6. The molecular formula is C14H22N2O2S. The highest BCUT2D eigenvalue weighted by Crippen LogP contribution is 2.28. The third kappa shape index (κ3) is 5.34. The van der Waals surface area contributed by atoms with Gasteiger partial charge in [-0.05, 0) is 36.7 Å². The molecule has 0 saturated heterocycles. The van der Waals surface area contributed by atoms with Crippen molar-refractivity contribution >= 4 is 23.0 Å². The molecule has 0 fully saturated rings. The lowest BCUT2D eigenvalue weighted by Crippen LogP contribution is -2.30. The van der Waals surface area contributed by atoms with Crippen molar-refractivity contribution in [2.45, 2.75) is 20.3 Å². The molecule has 0 heterocycles. The van der Waals surface area contributed by atoms with Crippen LogP contribution in [0.2, 0.25) is 0 Å². The first-order valence-corrected chi connectivity index (χ1v) is 6.74. The quantitative estimate of drug-likeness (QED) is 0.785. The van der Waals surface area contributed by atoms with Crippen molar-refractivity contribution in [3.05, 3.63) is 18.2 Å². The lowest BCUT2D eigenvalue weighted by molar-refractivity contribution is 0.405. The highest BCUT2D eigenvalue weighted by Gasteiger charge is 2.06. The van der Waals surface area contributed by atoms with Gasteiger partial charge in [0.05, 0.1) is 19.9 Å². The molecule has 0 saturated carbocycles. The Hall–Kier alpha value is -1.49.